The van der Waals surface area contributed by atoms with Crippen molar-refractivity contribution in [1.82, 2.24) is 19.7 Å². The van der Waals surface area contributed by atoms with Gasteiger partial charge in [-0.2, -0.15) is 5.10 Å². The molecule has 1 saturated carbocycles. The number of fused-ring (bicyclic) bond motifs is 1. The third-order valence-electron chi connectivity index (χ3n) is 4.91. The molecule has 1 fully saturated rings. The number of ether oxygens (including phenoxy) is 1. The van der Waals surface area contributed by atoms with Crippen LogP contribution in [0.15, 0.2) is 23.4 Å². The van der Waals surface area contributed by atoms with Crippen LogP contribution in [0, 0.1) is 5.82 Å². The summed E-state index contributed by atoms with van der Waals surface area (Å²) in [5.41, 5.74) is 1.80. The lowest BCUT2D eigenvalue weighted by atomic mass is 9.91. The van der Waals surface area contributed by atoms with Gasteiger partial charge in [0.15, 0.2) is 11.6 Å². The molecule has 2 aromatic heterocycles. The Balaban J connectivity index is 1.44. The normalized spacial score (nSPS) is 23.1. The van der Waals surface area contributed by atoms with Crippen LogP contribution in [-0.2, 0) is 17.8 Å². The molecular weight excluding hydrogens is 325 g/mol. The summed E-state index contributed by atoms with van der Waals surface area (Å²) in [4.78, 5) is 20.0. The van der Waals surface area contributed by atoms with E-state index in [0.29, 0.717) is 13.2 Å². The van der Waals surface area contributed by atoms with Gasteiger partial charge in [0.05, 0.1) is 31.1 Å². The van der Waals surface area contributed by atoms with Crippen molar-refractivity contribution >= 4 is 5.82 Å². The van der Waals surface area contributed by atoms with E-state index in [-0.39, 0.29) is 23.5 Å². The second kappa shape index (κ2) is 6.87. The average Bonchev–Trinajstić information content (AvgIpc) is 2.64. The summed E-state index contributed by atoms with van der Waals surface area (Å²) >= 11 is 0. The minimum atomic E-state index is -0.445. The highest BCUT2D eigenvalue weighted by atomic mass is 19.1. The van der Waals surface area contributed by atoms with Crippen LogP contribution in [0.2, 0.25) is 0 Å². The Morgan fingerprint density at radius 1 is 1.28 bits per heavy atom. The fraction of sp³-hybridized carbons (Fsp3) is 0.529. The molecule has 0 spiro atoms. The maximum Gasteiger partial charge on any atom is 0.267 e. The summed E-state index contributed by atoms with van der Waals surface area (Å²) < 4.78 is 20.7. The number of anilines is 1. The van der Waals surface area contributed by atoms with E-state index in [1.807, 2.05) is 0 Å². The highest BCUT2D eigenvalue weighted by Gasteiger charge is 2.25. The van der Waals surface area contributed by atoms with Gasteiger partial charge in [-0.15, -0.1) is 0 Å². The monoisotopic (exact) mass is 345 g/mol. The van der Waals surface area contributed by atoms with Gasteiger partial charge in [-0.25, -0.2) is 19.0 Å². The topological polar surface area (TPSA) is 81.9 Å². The van der Waals surface area contributed by atoms with Crippen LogP contribution in [0.25, 0.3) is 0 Å². The second-order valence-electron chi connectivity index (χ2n) is 6.57. The molecule has 2 aromatic rings. The Labute approximate surface area is 144 Å². The highest BCUT2D eigenvalue weighted by molar-refractivity contribution is 5.35. The van der Waals surface area contributed by atoms with Crippen LogP contribution < -0.4 is 10.9 Å². The lowest BCUT2D eigenvalue weighted by Crippen LogP contribution is -2.35. The molecule has 1 aliphatic heterocycles. The lowest BCUT2D eigenvalue weighted by Gasteiger charge is -2.30. The molecule has 7 nitrogen and oxygen atoms in total. The number of hydrogen-bond donors (Lipinski definition) is 1. The zero-order chi connectivity index (χ0) is 17.2. The highest BCUT2D eigenvalue weighted by Crippen LogP contribution is 2.29. The van der Waals surface area contributed by atoms with E-state index in [1.54, 1.807) is 10.7 Å². The smallest absolute Gasteiger partial charge is 0.267 e. The molecule has 0 amide bonds. The first kappa shape index (κ1) is 16.1. The van der Waals surface area contributed by atoms with Crippen LogP contribution in [0.3, 0.4) is 0 Å². The maximum atomic E-state index is 13.6. The van der Waals surface area contributed by atoms with Crippen molar-refractivity contribution in [3.8, 4) is 0 Å². The van der Waals surface area contributed by atoms with Gasteiger partial charge >= 0.3 is 0 Å². The van der Waals surface area contributed by atoms with Gasteiger partial charge in [0, 0.05) is 24.1 Å². The van der Waals surface area contributed by atoms with Gasteiger partial charge < -0.3 is 10.1 Å². The molecule has 1 aliphatic carbocycles. The van der Waals surface area contributed by atoms with Gasteiger partial charge in [0.2, 0.25) is 0 Å². The number of halogens is 1. The molecule has 1 N–H and O–H groups in total. The van der Waals surface area contributed by atoms with Crippen molar-refractivity contribution in [3.63, 3.8) is 0 Å². The molecule has 0 aromatic carbocycles. The number of nitrogens with zero attached hydrogens (tertiary/aromatic N) is 4. The zero-order valence-corrected chi connectivity index (χ0v) is 13.8. The van der Waals surface area contributed by atoms with Crippen LogP contribution >= 0.6 is 0 Å². The van der Waals surface area contributed by atoms with E-state index in [9.17, 15) is 9.18 Å². The predicted octanol–water partition coefficient (Wildman–Crippen LogP) is 1.84. The molecule has 0 unspecified atom stereocenters. The van der Waals surface area contributed by atoms with E-state index in [1.165, 1.54) is 6.33 Å². The molecule has 4 rings (SSSR count). The van der Waals surface area contributed by atoms with Crippen molar-refractivity contribution in [1.29, 1.82) is 0 Å². The summed E-state index contributed by atoms with van der Waals surface area (Å²) in [5, 5.41) is 7.72. The Morgan fingerprint density at radius 2 is 2.12 bits per heavy atom. The van der Waals surface area contributed by atoms with Crippen molar-refractivity contribution in [2.75, 3.05) is 11.9 Å². The minimum Gasteiger partial charge on any atom is -0.376 e. The minimum absolute atomic E-state index is 0.0671. The SMILES string of the molecule is O=c1cc2c(nn1C1CCC(Nc3ncncc3F)CC1)CCOC2. The Kier molecular flexibility index (Phi) is 4.44. The Bertz CT molecular complexity index is 817. The molecule has 8 heteroatoms. The molecule has 132 valence electrons. The van der Waals surface area contributed by atoms with Crippen LogP contribution in [0.1, 0.15) is 43.0 Å². The van der Waals surface area contributed by atoms with Crippen LogP contribution in [0.4, 0.5) is 10.2 Å². The van der Waals surface area contributed by atoms with Crippen molar-refractivity contribution in [2.24, 2.45) is 0 Å². The van der Waals surface area contributed by atoms with E-state index < -0.39 is 5.82 Å². The third kappa shape index (κ3) is 3.39. The summed E-state index contributed by atoms with van der Waals surface area (Å²) in [6.07, 6.45) is 6.56. The third-order valence-corrected chi connectivity index (χ3v) is 4.91. The quantitative estimate of drug-likeness (QED) is 0.914. The Hall–Kier alpha value is -2.35. The average molecular weight is 345 g/mol. The molecule has 0 radical (unpaired) electrons. The first-order chi connectivity index (χ1) is 12.2. The number of nitrogens with one attached hydrogen (secondary N) is 1. The summed E-state index contributed by atoms with van der Waals surface area (Å²) in [7, 11) is 0. The molecule has 0 saturated heterocycles. The molecular formula is C17H20FN5O2. The van der Waals surface area contributed by atoms with Gasteiger partial charge in [-0.1, -0.05) is 0 Å². The molecule has 0 atom stereocenters. The first-order valence-electron chi connectivity index (χ1n) is 8.62. The van der Waals surface area contributed by atoms with Gasteiger partial charge in [0.1, 0.15) is 6.33 Å². The van der Waals surface area contributed by atoms with Gasteiger partial charge in [-0.3, -0.25) is 4.79 Å². The number of rotatable bonds is 3. The number of hydrogen-bond acceptors (Lipinski definition) is 6. The predicted molar refractivity (Wildman–Crippen MR) is 88.8 cm³/mol. The first-order valence-corrected chi connectivity index (χ1v) is 8.62. The molecule has 0 bridgehead atoms. The van der Waals surface area contributed by atoms with Gasteiger partial charge in [0.25, 0.3) is 5.56 Å². The van der Waals surface area contributed by atoms with Crippen molar-refractivity contribution in [3.05, 3.63) is 46.0 Å². The van der Waals surface area contributed by atoms with E-state index in [4.69, 9.17) is 4.74 Å². The fourth-order valence-electron chi connectivity index (χ4n) is 3.57. The van der Waals surface area contributed by atoms with Gasteiger partial charge in [-0.05, 0) is 25.7 Å². The summed E-state index contributed by atoms with van der Waals surface area (Å²) in [6, 6.07) is 1.89. The molecule has 3 heterocycles. The molecule has 25 heavy (non-hydrogen) atoms. The van der Waals surface area contributed by atoms with Crippen molar-refractivity contribution < 1.29 is 9.13 Å². The summed E-state index contributed by atoms with van der Waals surface area (Å²) in [6.45, 7) is 1.12. The Morgan fingerprint density at radius 3 is 2.92 bits per heavy atom. The summed E-state index contributed by atoms with van der Waals surface area (Å²) in [5.74, 6) is -0.207. The second-order valence-corrected chi connectivity index (χ2v) is 6.57. The zero-order valence-electron chi connectivity index (χ0n) is 13.8. The largest absolute Gasteiger partial charge is 0.376 e. The lowest BCUT2D eigenvalue weighted by molar-refractivity contribution is 0.107. The van der Waals surface area contributed by atoms with E-state index >= 15 is 0 Å². The standard InChI is InChI=1S/C17H20FN5O2/c18-14-8-19-10-20-17(14)21-12-1-3-13(4-2-12)23-16(24)7-11-9-25-6-5-15(11)22-23/h7-8,10,12-13H,1-6,9H2,(H,19,20,21). The van der Waals surface area contributed by atoms with Crippen molar-refractivity contribution in [2.45, 2.75) is 50.8 Å². The van der Waals surface area contributed by atoms with Crippen LogP contribution in [-0.4, -0.2) is 32.4 Å². The molecule has 2 aliphatic rings. The number of aromatic nitrogens is 4. The fourth-order valence-corrected chi connectivity index (χ4v) is 3.57. The van der Waals surface area contributed by atoms with E-state index in [2.05, 4.69) is 20.4 Å². The van der Waals surface area contributed by atoms with E-state index in [0.717, 1.165) is 49.6 Å². The maximum absolute atomic E-state index is 13.6. The van der Waals surface area contributed by atoms with Crippen LogP contribution in [0.5, 0.6) is 0 Å².